The fourth-order valence-electron chi connectivity index (χ4n) is 2.69. The normalized spacial score (nSPS) is 14.0. The molecule has 0 heterocycles. The summed E-state index contributed by atoms with van der Waals surface area (Å²) in [7, 11) is -2.63. The molecule has 1 N–H and O–H groups in total. The molecule has 0 aliphatic heterocycles. The van der Waals surface area contributed by atoms with Gasteiger partial charge in [-0.05, 0) is 0 Å². The second kappa shape index (κ2) is 9.85. The summed E-state index contributed by atoms with van der Waals surface area (Å²) in [5, 5.41) is 8.64. The maximum atomic E-state index is 9.87. The molecule has 0 saturated heterocycles. The average molecular weight is 469 g/mol. The minimum absolute atomic E-state index is 0.252. The third kappa shape index (κ3) is 7.45. The molecule has 0 amide bonds. The number of hydrogen-bond donors (Lipinski definition) is 1. The first-order chi connectivity index (χ1) is 12.0. The molecule has 5 nitrogen and oxygen atoms in total. The standard InChI is InChI=1S/C18H34BrO5PSi/c1-7-22-26(23-8-2,24-9-3)14-10-13-21-17-12-11-16(20)15-18(17)25(4,5,6)19/h11-12,15,20H,7-10,13-14H2,1-6H3. The van der Waals surface area contributed by atoms with E-state index in [9.17, 15) is 5.11 Å². The van der Waals surface area contributed by atoms with Crippen LogP contribution in [0.1, 0.15) is 27.2 Å². The molecule has 1 rings (SSSR count). The molecule has 1 aromatic rings. The molecule has 152 valence electrons. The Bertz CT molecular complexity index is 550. The fourth-order valence-corrected chi connectivity index (χ4v) is 7.55. The summed E-state index contributed by atoms with van der Waals surface area (Å²) in [6.45, 7) is 14.7. The Kier molecular flexibility index (Phi) is 9.04. The van der Waals surface area contributed by atoms with Crippen LogP contribution < -0.4 is 10.0 Å². The van der Waals surface area contributed by atoms with Crippen molar-refractivity contribution in [3.8, 4) is 11.5 Å². The molecule has 0 atom stereocenters. The summed E-state index contributed by atoms with van der Waals surface area (Å²) >= 11 is 3.86. The summed E-state index contributed by atoms with van der Waals surface area (Å²) in [6, 6.07) is 6.01. The topological polar surface area (TPSA) is 57.2 Å². The van der Waals surface area contributed by atoms with Crippen molar-refractivity contribution in [1.82, 2.24) is 0 Å². The van der Waals surface area contributed by atoms with Crippen molar-refractivity contribution in [3.05, 3.63) is 18.2 Å². The Hall–Kier alpha value is -0.173. The van der Waals surface area contributed by atoms with Gasteiger partial charge in [-0.3, -0.25) is 0 Å². The number of halogens is 1. The molecule has 0 aliphatic carbocycles. The van der Waals surface area contributed by atoms with Gasteiger partial charge in [-0.1, -0.05) is 0 Å². The molecule has 0 saturated carbocycles. The van der Waals surface area contributed by atoms with E-state index in [0.717, 1.165) is 23.5 Å². The molecule has 8 heteroatoms. The van der Waals surface area contributed by atoms with E-state index in [4.69, 9.17) is 18.0 Å². The Morgan fingerprint density at radius 1 is 1.00 bits per heavy atom. The van der Waals surface area contributed by atoms with E-state index in [1.807, 2.05) is 26.8 Å². The monoisotopic (exact) mass is 468 g/mol. The number of phenolic OH excluding ortho intramolecular Hbond substituents is 1. The zero-order valence-corrected chi connectivity index (χ0v) is 20.4. The summed E-state index contributed by atoms with van der Waals surface area (Å²) in [6.07, 6.45) is 0.780. The van der Waals surface area contributed by atoms with Crippen molar-refractivity contribution >= 4 is 34.9 Å². The van der Waals surface area contributed by atoms with Crippen LogP contribution in [0, 0.1) is 0 Å². The van der Waals surface area contributed by atoms with Gasteiger partial charge in [0, 0.05) is 0 Å². The van der Waals surface area contributed by atoms with Gasteiger partial charge in [0.2, 0.25) is 0 Å². The van der Waals surface area contributed by atoms with Crippen LogP contribution in [0.4, 0.5) is 0 Å². The zero-order chi connectivity index (χ0) is 19.9. The molecule has 0 bridgehead atoms. The third-order valence-electron chi connectivity index (χ3n) is 3.73. The van der Waals surface area contributed by atoms with Gasteiger partial charge in [0.1, 0.15) is 0 Å². The minimum atomic E-state index is -2.63. The van der Waals surface area contributed by atoms with Gasteiger partial charge >= 0.3 is 167 Å². The van der Waals surface area contributed by atoms with Crippen molar-refractivity contribution in [1.29, 1.82) is 0 Å². The molecule has 1 aromatic carbocycles. The first kappa shape index (κ1) is 23.9. The van der Waals surface area contributed by atoms with Gasteiger partial charge in [0.15, 0.2) is 0 Å². The van der Waals surface area contributed by atoms with Crippen LogP contribution in [-0.2, 0) is 13.3 Å². The van der Waals surface area contributed by atoms with Gasteiger partial charge in [0.05, 0.1) is 0 Å². The molecule has 0 spiro atoms. The molecule has 0 aliphatic rings. The van der Waals surface area contributed by atoms with Crippen molar-refractivity contribution < 1.29 is 23.1 Å². The SMILES string of the molecule is CCO[Si](CCCOc1ccc(O)cc1P(C)(C)(C)Br)(OCC)OCC. The molecule has 0 radical (unpaired) electrons. The van der Waals surface area contributed by atoms with Crippen LogP contribution >= 0.6 is 20.8 Å². The Morgan fingerprint density at radius 2 is 1.54 bits per heavy atom. The second-order valence-electron chi connectivity index (χ2n) is 7.19. The van der Waals surface area contributed by atoms with Gasteiger partial charge in [-0.2, -0.15) is 0 Å². The molecule has 0 fully saturated rings. The van der Waals surface area contributed by atoms with E-state index in [2.05, 4.69) is 35.5 Å². The van der Waals surface area contributed by atoms with E-state index in [-0.39, 0.29) is 5.75 Å². The summed E-state index contributed by atoms with van der Waals surface area (Å²) in [4.78, 5) is 0. The zero-order valence-electron chi connectivity index (χ0n) is 16.9. The van der Waals surface area contributed by atoms with Crippen molar-refractivity contribution in [2.24, 2.45) is 0 Å². The van der Waals surface area contributed by atoms with E-state index in [0.29, 0.717) is 26.4 Å². The number of rotatable bonds is 12. The van der Waals surface area contributed by atoms with Crippen molar-refractivity contribution in [3.63, 3.8) is 0 Å². The first-order valence-electron chi connectivity index (χ1n) is 9.14. The van der Waals surface area contributed by atoms with Gasteiger partial charge in [0.25, 0.3) is 0 Å². The number of ether oxygens (including phenoxy) is 1. The fraction of sp³-hybridized carbons (Fsp3) is 0.667. The summed E-state index contributed by atoms with van der Waals surface area (Å²) in [5.41, 5.74) is 0. The van der Waals surface area contributed by atoms with Gasteiger partial charge < -0.3 is 0 Å². The van der Waals surface area contributed by atoms with Crippen LogP contribution in [0.5, 0.6) is 11.5 Å². The van der Waals surface area contributed by atoms with E-state index in [1.54, 1.807) is 12.1 Å². The van der Waals surface area contributed by atoms with Crippen molar-refractivity contribution in [2.45, 2.75) is 33.2 Å². The molecular weight excluding hydrogens is 435 g/mol. The number of aromatic hydroxyl groups is 1. The first-order valence-corrected chi connectivity index (χ1v) is 16.7. The number of phenols is 1. The van der Waals surface area contributed by atoms with Crippen molar-refractivity contribution in [2.75, 3.05) is 46.4 Å². The number of hydrogen-bond acceptors (Lipinski definition) is 5. The van der Waals surface area contributed by atoms with Gasteiger partial charge in [-0.15, -0.1) is 0 Å². The molecule has 0 unspecified atom stereocenters. The van der Waals surface area contributed by atoms with Crippen LogP contribution in [-0.4, -0.2) is 60.3 Å². The Morgan fingerprint density at radius 3 is 2.00 bits per heavy atom. The molecular formula is C18H34BrO5PSi. The Balaban J connectivity index is 2.79. The molecule has 26 heavy (non-hydrogen) atoms. The summed E-state index contributed by atoms with van der Waals surface area (Å²) < 4.78 is 23.7. The average Bonchev–Trinajstić information content (AvgIpc) is 2.52. The van der Waals surface area contributed by atoms with E-state index >= 15 is 0 Å². The molecule has 0 aromatic heterocycles. The Labute approximate surface area is 167 Å². The predicted molar refractivity (Wildman–Crippen MR) is 117 cm³/mol. The van der Waals surface area contributed by atoms with Crippen LogP contribution in [0.25, 0.3) is 0 Å². The van der Waals surface area contributed by atoms with Crippen LogP contribution in [0.15, 0.2) is 18.2 Å². The third-order valence-corrected chi connectivity index (χ3v) is 10.0. The maximum absolute atomic E-state index is 9.87. The predicted octanol–water partition coefficient (Wildman–Crippen LogP) is 4.59. The van der Waals surface area contributed by atoms with E-state index < -0.39 is 14.1 Å². The van der Waals surface area contributed by atoms with Crippen LogP contribution in [0.2, 0.25) is 6.04 Å². The second-order valence-corrected chi connectivity index (χ2v) is 23.1. The van der Waals surface area contributed by atoms with E-state index in [1.165, 1.54) is 0 Å². The quantitative estimate of drug-likeness (QED) is 0.276. The number of benzene rings is 1. The summed E-state index contributed by atoms with van der Waals surface area (Å²) in [5.74, 6) is 1.06. The van der Waals surface area contributed by atoms with Crippen LogP contribution in [0.3, 0.4) is 0 Å². The van der Waals surface area contributed by atoms with Gasteiger partial charge in [-0.25, -0.2) is 0 Å².